The van der Waals surface area contributed by atoms with E-state index in [2.05, 4.69) is 106 Å². The van der Waals surface area contributed by atoms with Crippen molar-refractivity contribution in [2.45, 2.75) is 341 Å². The molecule has 1 unspecified atom stereocenters. The summed E-state index contributed by atoms with van der Waals surface area (Å²) in [5, 5.41) is 0. The van der Waals surface area contributed by atoms with Crippen LogP contribution in [0.5, 0.6) is 0 Å². The molecule has 0 bridgehead atoms. The number of unbranched alkanes of at least 4 members (excludes halogenated alkanes) is 36. The summed E-state index contributed by atoms with van der Waals surface area (Å²) in [6.45, 7) is 6.49. The molecule has 0 N–H and O–H groups in total. The molecule has 0 saturated heterocycles. The molecule has 1 atom stereocenters. The van der Waals surface area contributed by atoms with Gasteiger partial charge in [-0.3, -0.25) is 14.4 Å². The van der Waals surface area contributed by atoms with E-state index in [0.29, 0.717) is 19.3 Å². The maximum atomic E-state index is 12.9. The largest absolute Gasteiger partial charge is 0.462 e. The zero-order chi connectivity index (χ0) is 56.4. The van der Waals surface area contributed by atoms with Gasteiger partial charge < -0.3 is 14.2 Å². The summed E-state index contributed by atoms with van der Waals surface area (Å²) in [6.07, 6.45) is 87.9. The average molecular weight is 1090 g/mol. The van der Waals surface area contributed by atoms with Crippen LogP contribution < -0.4 is 0 Å². The van der Waals surface area contributed by atoms with Crippen LogP contribution in [0.3, 0.4) is 0 Å². The second-order valence-electron chi connectivity index (χ2n) is 22.4. The van der Waals surface area contributed by atoms with Gasteiger partial charge in [-0.1, -0.05) is 324 Å². The van der Waals surface area contributed by atoms with Gasteiger partial charge in [0.2, 0.25) is 0 Å². The van der Waals surface area contributed by atoms with Crippen molar-refractivity contribution in [1.82, 2.24) is 0 Å². The van der Waals surface area contributed by atoms with Crippen LogP contribution in [0.2, 0.25) is 0 Å². The first-order chi connectivity index (χ1) is 38.5. The quantitative estimate of drug-likeness (QED) is 0.0261. The number of rotatable bonds is 61. The second-order valence-corrected chi connectivity index (χ2v) is 22.4. The predicted molar refractivity (Wildman–Crippen MR) is 339 cm³/mol. The van der Waals surface area contributed by atoms with Crippen molar-refractivity contribution < 1.29 is 28.6 Å². The molecule has 0 aliphatic rings. The molecule has 0 radical (unpaired) electrons. The average Bonchev–Trinajstić information content (AvgIpc) is 3.44. The number of hydrogen-bond donors (Lipinski definition) is 0. The Labute approximate surface area is 484 Å². The normalized spacial score (nSPS) is 12.6. The molecule has 78 heavy (non-hydrogen) atoms. The van der Waals surface area contributed by atoms with E-state index in [1.807, 2.05) is 0 Å². The SMILES string of the molecule is CC/C=C\C/C=C\C/C=C\C/C=C\C/C=C\C/C=C\C/C=C\CCCCCCCC(=O)OCC(COC(=O)CCCCCCCC)OC(=O)CCCCCCCCCCCCCCCCCCCCCCCCCCCCC. The summed E-state index contributed by atoms with van der Waals surface area (Å²) in [5.41, 5.74) is 0. The highest BCUT2D eigenvalue weighted by atomic mass is 16.6. The molecule has 0 fully saturated rings. The molecular weight excluding hydrogens is 961 g/mol. The molecule has 0 saturated carbocycles. The minimum absolute atomic E-state index is 0.0803. The van der Waals surface area contributed by atoms with Crippen molar-refractivity contribution in [3.8, 4) is 0 Å². The van der Waals surface area contributed by atoms with Crippen LogP contribution in [0.1, 0.15) is 335 Å². The predicted octanol–water partition coefficient (Wildman–Crippen LogP) is 23.1. The third kappa shape index (κ3) is 63.4. The fourth-order valence-electron chi connectivity index (χ4n) is 9.66. The number of ether oxygens (including phenoxy) is 3. The zero-order valence-corrected chi connectivity index (χ0v) is 51.7. The summed E-state index contributed by atoms with van der Waals surface area (Å²) in [5.74, 6) is -0.896. The lowest BCUT2D eigenvalue weighted by molar-refractivity contribution is -0.167. The Kier molecular flexibility index (Phi) is 63.2. The summed E-state index contributed by atoms with van der Waals surface area (Å²) < 4.78 is 16.8. The minimum Gasteiger partial charge on any atom is -0.462 e. The van der Waals surface area contributed by atoms with Crippen LogP contribution in [-0.2, 0) is 28.6 Å². The molecular formula is C72H126O6. The maximum absolute atomic E-state index is 12.9. The third-order valence-corrected chi connectivity index (χ3v) is 14.7. The lowest BCUT2D eigenvalue weighted by Crippen LogP contribution is -2.30. The number of allylic oxidation sites excluding steroid dienone is 14. The van der Waals surface area contributed by atoms with Gasteiger partial charge in [-0.25, -0.2) is 0 Å². The first kappa shape index (κ1) is 74.6. The van der Waals surface area contributed by atoms with Crippen LogP contribution in [-0.4, -0.2) is 37.2 Å². The molecule has 0 amide bonds. The number of carbonyl (C=O) groups excluding carboxylic acids is 3. The highest BCUT2D eigenvalue weighted by Crippen LogP contribution is 2.18. The molecule has 0 aromatic carbocycles. The van der Waals surface area contributed by atoms with E-state index in [1.54, 1.807) is 0 Å². The Morgan fingerprint density at radius 2 is 0.500 bits per heavy atom. The van der Waals surface area contributed by atoms with E-state index in [0.717, 1.165) is 122 Å². The second kappa shape index (κ2) is 66.1. The molecule has 450 valence electrons. The van der Waals surface area contributed by atoms with Gasteiger partial charge in [0.05, 0.1) is 0 Å². The van der Waals surface area contributed by atoms with E-state index in [-0.39, 0.29) is 31.1 Å². The van der Waals surface area contributed by atoms with Gasteiger partial charge in [-0.15, -0.1) is 0 Å². The van der Waals surface area contributed by atoms with Crippen LogP contribution in [0, 0.1) is 0 Å². The van der Waals surface area contributed by atoms with Crippen molar-refractivity contribution in [3.05, 3.63) is 85.1 Å². The van der Waals surface area contributed by atoms with Gasteiger partial charge in [0, 0.05) is 19.3 Å². The topological polar surface area (TPSA) is 78.9 Å². The van der Waals surface area contributed by atoms with E-state index < -0.39 is 6.10 Å². The molecule has 6 heteroatoms. The Bertz CT molecular complexity index is 1480. The molecule has 0 aliphatic heterocycles. The first-order valence-corrected chi connectivity index (χ1v) is 33.6. The molecule has 0 aromatic rings. The highest BCUT2D eigenvalue weighted by Gasteiger charge is 2.19. The van der Waals surface area contributed by atoms with Gasteiger partial charge in [0.25, 0.3) is 0 Å². The molecule has 6 nitrogen and oxygen atoms in total. The standard InChI is InChI=1S/C72H126O6/c1-4-7-10-13-16-18-20-22-24-26-28-30-32-34-36-38-40-42-44-46-48-50-52-54-56-59-62-65-71(74)77-68-69(67-76-70(73)64-61-58-15-12-9-6-3)78-72(75)66-63-60-57-55-53-51-49-47-45-43-41-39-37-35-33-31-29-27-25-23-21-19-17-14-11-8-5-2/h7,10,16,18,22,24,28,30,34,36,40,42,46,48,69H,4-6,8-9,11-15,17,19-21,23,25-27,29,31-33,35,37-39,41,43-45,47,49-68H2,1-3H3/b10-7-,18-16-,24-22-,30-28-,36-34-,42-40-,48-46-. The van der Waals surface area contributed by atoms with E-state index >= 15 is 0 Å². The van der Waals surface area contributed by atoms with Gasteiger partial charge in [0.15, 0.2) is 6.10 Å². The van der Waals surface area contributed by atoms with Crippen molar-refractivity contribution in [3.63, 3.8) is 0 Å². The Morgan fingerprint density at radius 1 is 0.269 bits per heavy atom. The van der Waals surface area contributed by atoms with Gasteiger partial charge in [-0.2, -0.15) is 0 Å². The van der Waals surface area contributed by atoms with Crippen molar-refractivity contribution >= 4 is 17.9 Å². The zero-order valence-electron chi connectivity index (χ0n) is 51.7. The Morgan fingerprint density at radius 3 is 0.782 bits per heavy atom. The van der Waals surface area contributed by atoms with Crippen molar-refractivity contribution in [1.29, 1.82) is 0 Å². The molecule has 0 rings (SSSR count). The third-order valence-electron chi connectivity index (χ3n) is 14.7. The maximum Gasteiger partial charge on any atom is 0.306 e. The van der Waals surface area contributed by atoms with E-state index in [1.165, 1.54) is 173 Å². The van der Waals surface area contributed by atoms with Crippen LogP contribution >= 0.6 is 0 Å². The summed E-state index contributed by atoms with van der Waals surface area (Å²) in [4.78, 5) is 38.1. The highest BCUT2D eigenvalue weighted by molar-refractivity contribution is 5.71. The minimum atomic E-state index is -0.781. The number of hydrogen-bond acceptors (Lipinski definition) is 6. The Hall–Kier alpha value is -3.41. The Balaban J connectivity index is 4.09. The van der Waals surface area contributed by atoms with E-state index in [4.69, 9.17) is 14.2 Å². The van der Waals surface area contributed by atoms with Crippen molar-refractivity contribution in [2.24, 2.45) is 0 Å². The first-order valence-electron chi connectivity index (χ1n) is 33.6. The smallest absolute Gasteiger partial charge is 0.306 e. The summed E-state index contributed by atoms with van der Waals surface area (Å²) >= 11 is 0. The van der Waals surface area contributed by atoms with Gasteiger partial charge >= 0.3 is 17.9 Å². The van der Waals surface area contributed by atoms with Gasteiger partial charge in [0.1, 0.15) is 13.2 Å². The number of carbonyl (C=O) groups is 3. The lowest BCUT2D eigenvalue weighted by Gasteiger charge is -2.18. The summed E-state index contributed by atoms with van der Waals surface area (Å²) in [6, 6.07) is 0. The monoisotopic (exact) mass is 1090 g/mol. The number of esters is 3. The molecule has 0 aromatic heterocycles. The van der Waals surface area contributed by atoms with E-state index in [9.17, 15) is 14.4 Å². The molecule has 0 heterocycles. The van der Waals surface area contributed by atoms with Crippen molar-refractivity contribution in [2.75, 3.05) is 13.2 Å². The summed E-state index contributed by atoms with van der Waals surface area (Å²) in [7, 11) is 0. The van der Waals surface area contributed by atoms with Gasteiger partial charge in [-0.05, 0) is 77.0 Å². The molecule has 0 aliphatic carbocycles. The fraction of sp³-hybridized carbons (Fsp3) is 0.764. The van der Waals surface area contributed by atoms with Crippen LogP contribution in [0.4, 0.5) is 0 Å². The van der Waals surface area contributed by atoms with Crippen LogP contribution in [0.15, 0.2) is 85.1 Å². The lowest BCUT2D eigenvalue weighted by atomic mass is 10.0. The fourth-order valence-corrected chi connectivity index (χ4v) is 9.66. The van der Waals surface area contributed by atoms with Crippen LogP contribution in [0.25, 0.3) is 0 Å². The molecule has 0 spiro atoms.